The molecule has 0 unspecified atom stereocenters. The van der Waals surface area contributed by atoms with Crippen molar-refractivity contribution in [3.8, 4) is 0 Å². The van der Waals surface area contributed by atoms with Crippen LogP contribution < -0.4 is 0 Å². The SMILES string of the molecule is CC(C)Cc1ccc(CCCOCC2CCCCC2)cc1. The highest BCUT2D eigenvalue weighted by molar-refractivity contribution is 5.22. The molecule has 1 nitrogen and oxygen atoms in total. The second-order valence-electron chi connectivity index (χ2n) is 7.10. The molecule has 0 bridgehead atoms. The molecule has 1 aromatic rings. The van der Waals surface area contributed by atoms with E-state index in [1.165, 1.54) is 49.7 Å². The highest BCUT2D eigenvalue weighted by Gasteiger charge is 2.12. The third kappa shape index (κ3) is 6.65. The summed E-state index contributed by atoms with van der Waals surface area (Å²) in [5.41, 5.74) is 2.91. The molecule has 2 rings (SSSR count). The molecule has 0 aliphatic heterocycles. The summed E-state index contributed by atoms with van der Waals surface area (Å²) in [5, 5.41) is 0. The van der Waals surface area contributed by atoms with Crippen molar-refractivity contribution in [3.05, 3.63) is 35.4 Å². The number of hydrogen-bond donors (Lipinski definition) is 0. The molecule has 0 spiro atoms. The van der Waals surface area contributed by atoms with E-state index in [9.17, 15) is 0 Å². The quantitative estimate of drug-likeness (QED) is 0.581. The second kappa shape index (κ2) is 9.25. The zero-order chi connectivity index (χ0) is 14.9. The molecule has 1 aliphatic rings. The van der Waals surface area contributed by atoms with E-state index in [1.54, 1.807) is 0 Å². The van der Waals surface area contributed by atoms with Crippen molar-refractivity contribution in [2.24, 2.45) is 11.8 Å². The summed E-state index contributed by atoms with van der Waals surface area (Å²) in [6, 6.07) is 9.16. The average molecular weight is 288 g/mol. The molecule has 1 aliphatic carbocycles. The highest BCUT2D eigenvalue weighted by atomic mass is 16.5. The zero-order valence-electron chi connectivity index (χ0n) is 13.9. The normalized spacial score (nSPS) is 16.5. The third-order valence-corrected chi connectivity index (χ3v) is 4.50. The third-order valence-electron chi connectivity index (χ3n) is 4.50. The van der Waals surface area contributed by atoms with Crippen LogP contribution in [0.4, 0.5) is 0 Å². The van der Waals surface area contributed by atoms with Gasteiger partial charge in [-0.05, 0) is 55.1 Å². The number of hydrogen-bond acceptors (Lipinski definition) is 1. The van der Waals surface area contributed by atoms with Gasteiger partial charge in [0.15, 0.2) is 0 Å². The Labute approximate surface area is 131 Å². The van der Waals surface area contributed by atoms with Crippen molar-refractivity contribution >= 4 is 0 Å². The predicted octanol–water partition coefficient (Wildman–Crippen LogP) is 5.41. The second-order valence-corrected chi connectivity index (χ2v) is 7.10. The number of aryl methyl sites for hydroxylation is 1. The number of benzene rings is 1. The van der Waals surface area contributed by atoms with Crippen molar-refractivity contribution in [2.45, 2.75) is 65.2 Å². The molecule has 0 N–H and O–H groups in total. The molecule has 0 aromatic heterocycles. The van der Waals surface area contributed by atoms with Crippen molar-refractivity contribution in [2.75, 3.05) is 13.2 Å². The van der Waals surface area contributed by atoms with Crippen LogP contribution in [-0.4, -0.2) is 13.2 Å². The van der Waals surface area contributed by atoms with E-state index in [2.05, 4.69) is 38.1 Å². The van der Waals surface area contributed by atoms with E-state index in [-0.39, 0.29) is 0 Å². The summed E-state index contributed by atoms with van der Waals surface area (Å²) in [7, 11) is 0. The Morgan fingerprint density at radius 3 is 2.33 bits per heavy atom. The topological polar surface area (TPSA) is 9.23 Å². The van der Waals surface area contributed by atoms with Crippen molar-refractivity contribution < 1.29 is 4.74 Å². The first-order valence-corrected chi connectivity index (χ1v) is 8.89. The van der Waals surface area contributed by atoms with Crippen molar-refractivity contribution in [1.29, 1.82) is 0 Å². The van der Waals surface area contributed by atoms with Crippen LogP contribution in [0.15, 0.2) is 24.3 Å². The monoisotopic (exact) mass is 288 g/mol. The fourth-order valence-electron chi connectivity index (χ4n) is 3.30. The number of ether oxygens (including phenoxy) is 1. The average Bonchev–Trinajstić information content (AvgIpc) is 2.49. The van der Waals surface area contributed by atoms with Gasteiger partial charge in [-0.2, -0.15) is 0 Å². The molecule has 1 aromatic carbocycles. The van der Waals surface area contributed by atoms with Crippen molar-refractivity contribution in [1.82, 2.24) is 0 Å². The van der Waals surface area contributed by atoms with Gasteiger partial charge in [-0.3, -0.25) is 0 Å². The lowest BCUT2D eigenvalue weighted by Gasteiger charge is -2.21. The molecule has 0 amide bonds. The summed E-state index contributed by atoms with van der Waals surface area (Å²) in [5.74, 6) is 1.58. The summed E-state index contributed by atoms with van der Waals surface area (Å²) < 4.78 is 5.87. The molecule has 1 fully saturated rings. The first-order chi connectivity index (χ1) is 10.2. The minimum Gasteiger partial charge on any atom is -0.381 e. The van der Waals surface area contributed by atoms with Crippen LogP contribution in [0.3, 0.4) is 0 Å². The molecular weight excluding hydrogens is 256 g/mol. The van der Waals surface area contributed by atoms with Crippen LogP contribution in [0.25, 0.3) is 0 Å². The predicted molar refractivity (Wildman–Crippen MR) is 90.7 cm³/mol. The van der Waals surface area contributed by atoms with Crippen LogP contribution in [-0.2, 0) is 17.6 Å². The van der Waals surface area contributed by atoms with Gasteiger partial charge in [-0.25, -0.2) is 0 Å². The minimum atomic E-state index is 0.740. The first kappa shape index (κ1) is 16.5. The van der Waals surface area contributed by atoms with Gasteiger partial charge in [0.1, 0.15) is 0 Å². The van der Waals surface area contributed by atoms with E-state index in [4.69, 9.17) is 4.74 Å². The highest BCUT2D eigenvalue weighted by Crippen LogP contribution is 2.23. The van der Waals surface area contributed by atoms with E-state index in [0.29, 0.717) is 0 Å². The lowest BCUT2D eigenvalue weighted by molar-refractivity contribution is 0.0838. The van der Waals surface area contributed by atoms with Crippen molar-refractivity contribution in [3.63, 3.8) is 0 Å². The Balaban J connectivity index is 1.57. The van der Waals surface area contributed by atoms with E-state index in [1.807, 2.05) is 0 Å². The van der Waals surface area contributed by atoms with Crippen LogP contribution in [0, 0.1) is 11.8 Å². The van der Waals surface area contributed by atoms with E-state index >= 15 is 0 Å². The fourth-order valence-corrected chi connectivity index (χ4v) is 3.30. The lowest BCUT2D eigenvalue weighted by atomic mass is 9.90. The van der Waals surface area contributed by atoms with Gasteiger partial charge in [-0.1, -0.05) is 57.4 Å². The van der Waals surface area contributed by atoms with Gasteiger partial charge < -0.3 is 4.74 Å². The first-order valence-electron chi connectivity index (χ1n) is 8.89. The molecule has 0 radical (unpaired) electrons. The Hall–Kier alpha value is -0.820. The van der Waals surface area contributed by atoms with Crippen LogP contribution in [0.1, 0.15) is 63.5 Å². The molecule has 118 valence electrons. The van der Waals surface area contributed by atoms with Gasteiger partial charge in [0.2, 0.25) is 0 Å². The molecule has 1 heteroatoms. The summed E-state index contributed by atoms with van der Waals surface area (Å²) in [6.07, 6.45) is 10.5. The molecule has 0 heterocycles. The number of rotatable bonds is 8. The maximum Gasteiger partial charge on any atom is 0.0494 e. The van der Waals surface area contributed by atoms with Crippen LogP contribution in [0.5, 0.6) is 0 Å². The maximum absolute atomic E-state index is 5.87. The maximum atomic E-state index is 5.87. The Bertz CT molecular complexity index is 373. The summed E-state index contributed by atoms with van der Waals surface area (Å²) in [6.45, 7) is 6.46. The summed E-state index contributed by atoms with van der Waals surface area (Å²) >= 11 is 0. The Kier molecular flexibility index (Phi) is 7.29. The Morgan fingerprint density at radius 2 is 1.67 bits per heavy atom. The molecular formula is C20H32O. The zero-order valence-corrected chi connectivity index (χ0v) is 13.9. The molecule has 21 heavy (non-hydrogen) atoms. The van der Waals surface area contributed by atoms with E-state index < -0.39 is 0 Å². The smallest absolute Gasteiger partial charge is 0.0494 e. The minimum absolute atomic E-state index is 0.740. The largest absolute Gasteiger partial charge is 0.381 e. The van der Waals surface area contributed by atoms with Crippen LogP contribution in [0.2, 0.25) is 0 Å². The molecule has 0 atom stereocenters. The van der Waals surface area contributed by atoms with Gasteiger partial charge in [-0.15, -0.1) is 0 Å². The Morgan fingerprint density at radius 1 is 1.00 bits per heavy atom. The molecule has 0 saturated heterocycles. The van der Waals surface area contributed by atoms with Gasteiger partial charge in [0.05, 0.1) is 0 Å². The molecule has 1 saturated carbocycles. The van der Waals surface area contributed by atoms with Gasteiger partial charge in [0.25, 0.3) is 0 Å². The lowest BCUT2D eigenvalue weighted by Crippen LogP contribution is -2.13. The van der Waals surface area contributed by atoms with Gasteiger partial charge >= 0.3 is 0 Å². The van der Waals surface area contributed by atoms with Crippen LogP contribution >= 0.6 is 0 Å². The standard InChI is InChI=1S/C20H32O/c1-17(2)15-19-12-10-18(11-13-19)9-6-14-21-16-20-7-4-3-5-8-20/h10-13,17,20H,3-9,14-16H2,1-2H3. The fraction of sp³-hybridized carbons (Fsp3) is 0.700. The van der Waals surface area contributed by atoms with E-state index in [0.717, 1.165) is 37.9 Å². The summed E-state index contributed by atoms with van der Waals surface area (Å²) in [4.78, 5) is 0. The van der Waals surface area contributed by atoms with Gasteiger partial charge in [0, 0.05) is 13.2 Å².